The zero-order valence-electron chi connectivity index (χ0n) is 12.2. The van der Waals surface area contributed by atoms with Crippen LogP contribution in [0.3, 0.4) is 0 Å². The smallest absolute Gasteiger partial charge is 0.228 e. The van der Waals surface area contributed by atoms with Gasteiger partial charge in [-0.3, -0.25) is 4.79 Å². The quantitative estimate of drug-likeness (QED) is 0.802. The Bertz CT molecular complexity index is 513. The van der Waals surface area contributed by atoms with Crippen LogP contribution in [0.2, 0.25) is 0 Å². The Balaban J connectivity index is 1.62. The van der Waals surface area contributed by atoms with Crippen LogP contribution in [0.15, 0.2) is 29.2 Å². The van der Waals surface area contributed by atoms with Crippen LogP contribution in [0.1, 0.15) is 43.6 Å². The van der Waals surface area contributed by atoms with Crippen LogP contribution in [-0.4, -0.2) is 23.5 Å². The van der Waals surface area contributed by atoms with E-state index in [9.17, 15) is 4.79 Å². The second-order valence-corrected chi connectivity index (χ2v) is 7.94. The van der Waals surface area contributed by atoms with E-state index in [1.165, 1.54) is 42.6 Å². The van der Waals surface area contributed by atoms with E-state index in [-0.39, 0.29) is 17.2 Å². The molecule has 1 saturated carbocycles. The minimum atomic E-state index is 0.0298. The summed E-state index contributed by atoms with van der Waals surface area (Å²) >= 11 is 5.47. The van der Waals surface area contributed by atoms with Crippen LogP contribution in [0.25, 0.3) is 0 Å². The van der Waals surface area contributed by atoms with Crippen LogP contribution < -0.4 is 5.32 Å². The van der Waals surface area contributed by atoms with Crippen LogP contribution in [0, 0.1) is 5.41 Å². The number of nitrogens with one attached hydrogen (secondary N) is 1. The van der Waals surface area contributed by atoms with Gasteiger partial charge in [-0.1, -0.05) is 53.4 Å². The molecule has 1 amide bonds. The van der Waals surface area contributed by atoms with Gasteiger partial charge in [-0.15, -0.1) is 11.8 Å². The summed E-state index contributed by atoms with van der Waals surface area (Å²) in [5.74, 6) is 1.12. The minimum Gasteiger partial charge on any atom is -0.355 e. The molecule has 1 aromatic carbocycles. The van der Waals surface area contributed by atoms with E-state index in [1.807, 2.05) is 12.1 Å². The molecule has 0 bridgehead atoms. The molecule has 1 unspecified atom stereocenters. The highest BCUT2D eigenvalue weighted by Gasteiger charge is 2.34. The molecular weight excluding hydrogens is 346 g/mol. The third-order valence-electron chi connectivity index (χ3n) is 4.85. The molecule has 1 aromatic rings. The van der Waals surface area contributed by atoms with Crippen LogP contribution >= 0.6 is 27.7 Å². The fourth-order valence-electron chi connectivity index (χ4n) is 3.44. The zero-order chi connectivity index (χ0) is 14.7. The maximum absolute atomic E-state index is 12.6. The van der Waals surface area contributed by atoms with Gasteiger partial charge in [-0.05, 0) is 29.9 Å². The molecular formula is C17H22BrNOS. The summed E-state index contributed by atoms with van der Waals surface area (Å²) in [6.45, 7) is 0.820. The van der Waals surface area contributed by atoms with Gasteiger partial charge >= 0.3 is 0 Å². The maximum Gasteiger partial charge on any atom is 0.228 e. The molecule has 2 aliphatic rings. The number of hydrogen-bond donors (Lipinski definition) is 1. The van der Waals surface area contributed by atoms with Gasteiger partial charge in [0.15, 0.2) is 0 Å². The summed E-state index contributed by atoms with van der Waals surface area (Å²) in [6, 6.07) is 8.30. The SMILES string of the molecule is O=C(NCC1(CBr)CCCCC1)C1CSc2ccccc21. The van der Waals surface area contributed by atoms with Gasteiger partial charge in [0, 0.05) is 22.5 Å². The summed E-state index contributed by atoms with van der Waals surface area (Å²) in [5.41, 5.74) is 1.48. The lowest BCUT2D eigenvalue weighted by Crippen LogP contribution is -2.41. The van der Waals surface area contributed by atoms with E-state index in [0.29, 0.717) is 0 Å². The Morgan fingerprint density at radius 1 is 1.29 bits per heavy atom. The molecule has 0 radical (unpaired) electrons. The Labute approximate surface area is 139 Å². The molecule has 3 rings (SSSR count). The van der Waals surface area contributed by atoms with Crippen molar-refractivity contribution >= 4 is 33.6 Å². The first-order valence-corrected chi connectivity index (χ1v) is 9.90. The summed E-state index contributed by atoms with van der Waals surface area (Å²) in [7, 11) is 0. The number of amides is 1. The molecule has 4 heteroatoms. The minimum absolute atomic E-state index is 0.0298. The number of fused-ring (bicyclic) bond motifs is 1. The van der Waals surface area contributed by atoms with Gasteiger partial charge < -0.3 is 5.32 Å². The number of halogens is 1. The summed E-state index contributed by atoms with van der Waals surface area (Å²) in [4.78, 5) is 13.8. The van der Waals surface area contributed by atoms with Gasteiger partial charge in [0.05, 0.1) is 5.92 Å². The zero-order valence-corrected chi connectivity index (χ0v) is 14.6. The van der Waals surface area contributed by atoms with E-state index < -0.39 is 0 Å². The highest BCUT2D eigenvalue weighted by atomic mass is 79.9. The van der Waals surface area contributed by atoms with Gasteiger partial charge in [-0.25, -0.2) is 0 Å². The third-order valence-corrected chi connectivity index (χ3v) is 7.22. The summed E-state index contributed by atoms with van der Waals surface area (Å²) < 4.78 is 0. The molecule has 1 fully saturated rings. The number of hydrogen-bond acceptors (Lipinski definition) is 2. The molecule has 0 aromatic heterocycles. The third kappa shape index (κ3) is 3.31. The average molecular weight is 368 g/mol. The first-order valence-electron chi connectivity index (χ1n) is 7.79. The second-order valence-electron chi connectivity index (χ2n) is 6.31. The Hall–Kier alpha value is -0.480. The van der Waals surface area contributed by atoms with Gasteiger partial charge in [0.1, 0.15) is 0 Å². The lowest BCUT2D eigenvalue weighted by atomic mass is 9.75. The number of carbonyl (C=O) groups is 1. The number of alkyl halides is 1. The normalized spacial score (nSPS) is 23.6. The van der Waals surface area contributed by atoms with E-state index in [2.05, 4.69) is 33.4 Å². The fourth-order valence-corrected chi connectivity index (χ4v) is 5.42. The van der Waals surface area contributed by atoms with Crippen LogP contribution in [0.5, 0.6) is 0 Å². The Morgan fingerprint density at radius 2 is 2.05 bits per heavy atom. The van der Waals surface area contributed by atoms with Crippen LogP contribution in [-0.2, 0) is 4.79 Å². The second kappa shape index (κ2) is 6.74. The van der Waals surface area contributed by atoms with E-state index in [0.717, 1.165) is 17.6 Å². The van der Waals surface area contributed by atoms with Gasteiger partial charge in [-0.2, -0.15) is 0 Å². The highest BCUT2D eigenvalue weighted by molar-refractivity contribution is 9.09. The molecule has 114 valence electrons. The largest absolute Gasteiger partial charge is 0.355 e. The van der Waals surface area contributed by atoms with Crippen molar-refractivity contribution in [3.05, 3.63) is 29.8 Å². The monoisotopic (exact) mass is 367 g/mol. The molecule has 0 saturated heterocycles. The summed E-state index contributed by atoms with van der Waals surface area (Å²) in [5, 5.41) is 4.24. The van der Waals surface area contributed by atoms with E-state index >= 15 is 0 Å². The topological polar surface area (TPSA) is 29.1 Å². The Morgan fingerprint density at radius 3 is 2.81 bits per heavy atom. The molecule has 2 nitrogen and oxygen atoms in total. The summed E-state index contributed by atoms with van der Waals surface area (Å²) in [6.07, 6.45) is 6.39. The number of benzene rings is 1. The van der Waals surface area contributed by atoms with Crippen molar-refractivity contribution in [1.82, 2.24) is 5.32 Å². The van der Waals surface area contributed by atoms with E-state index in [4.69, 9.17) is 0 Å². The van der Waals surface area contributed by atoms with Crippen molar-refractivity contribution in [3.8, 4) is 0 Å². The highest BCUT2D eigenvalue weighted by Crippen LogP contribution is 2.40. The lowest BCUT2D eigenvalue weighted by Gasteiger charge is -2.36. The number of rotatable bonds is 4. The number of thioether (sulfide) groups is 1. The Kier molecular flexibility index (Phi) is 4.95. The van der Waals surface area contributed by atoms with Crippen molar-refractivity contribution in [2.45, 2.75) is 42.9 Å². The van der Waals surface area contributed by atoms with Gasteiger partial charge in [0.2, 0.25) is 5.91 Å². The molecule has 1 heterocycles. The predicted molar refractivity (Wildman–Crippen MR) is 92.2 cm³/mol. The first-order chi connectivity index (χ1) is 10.2. The van der Waals surface area contributed by atoms with Crippen molar-refractivity contribution in [1.29, 1.82) is 0 Å². The standard InChI is InChI=1S/C17H22BrNOS/c18-11-17(8-4-1-5-9-17)12-19-16(20)14-10-21-15-7-3-2-6-13(14)15/h2-3,6-7,14H,1,4-5,8-12H2,(H,19,20). The van der Waals surface area contributed by atoms with Crippen molar-refractivity contribution in [2.24, 2.45) is 5.41 Å². The van der Waals surface area contributed by atoms with Crippen LogP contribution in [0.4, 0.5) is 0 Å². The van der Waals surface area contributed by atoms with E-state index in [1.54, 1.807) is 11.8 Å². The number of carbonyl (C=O) groups excluding carboxylic acids is 1. The molecule has 1 N–H and O–H groups in total. The lowest BCUT2D eigenvalue weighted by molar-refractivity contribution is -0.122. The molecule has 1 aliphatic heterocycles. The molecule has 1 aliphatic carbocycles. The van der Waals surface area contributed by atoms with Crippen molar-refractivity contribution in [3.63, 3.8) is 0 Å². The van der Waals surface area contributed by atoms with Gasteiger partial charge in [0.25, 0.3) is 0 Å². The predicted octanol–water partition coefficient (Wildman–Crippen LogP) is 4.34. The fraction of sp³-hybridized carbons (Fsp3) is 0.588. The first kappa shape index (κ1) is 15.4. The van der Waals surface area contributed by atoms with Crippen molar-refractivity contribution in [2.75, 3.05) is 17.6 Å². The maximum atomic E-state index is 12.6. The van der Waals surface area contributed by atoms with Crippen molar-refractivity contribution < 1.29 is 4.79 Å². The molecule has 21 heavy (non-hydrogen) atoms. The molecule has 1 atom stereocenters. The average Bonchev–Trinajstić information content (AvgIpc) is 2.98. The molecule has 0 spiro atoms.